The first-order valence-corrected chi connectivity index (χ1v) is 6.40. The molecule has 0 radical (unpaired) electrons. The van der Waals surface area contributed by atoms with Crippen molar-refractivity contribution < 1.29 is 4.79 Å². The van der Waals surface area contributed by atoms with Gasteiger partial charge in [0.1, 0.15) is 5.82 Å². The molecule has 0 aliphatic carbocycles. The van der Waals surface area contributed by atoms with Crippen LogP contribution < -0.4 is 10.6 Å². The number of hydrogen-bond donors (Lipinski definition) is 2. The van der Waals surface area contributed by atoms with Crippen LogP contribution in [0.2, 0.25) is 0 Å². The quantitative estimate of drug-likeness (QED) is 0.900. The first kappa shape index (κ1) is 14.0. The van der Waals surface area contributed by atoms with E-state index in [9.17, 15) is 4.79 Å². The van der Waals surface area contributed by atoms with Crippen LogP contribution in [0.3, 0.4) is 0 Å². The van der Waals surface area contributed by atoms with Crippen molar-refractivity contribution in [3.05, 3.63) is 48.4 Å². The molecule has 0 bridgehead atoms. The number of aromatic nitrogens is 2. The average Bonchev–Trinajstić information content (AvgIpc) is 2.40. The van der Waals surface area contributed by atoms with E-state index in [1.54, 1.807) is 30.6 Å². The molecule has 2 aromatic heterocycles. The number of amides is 1. The molecule has 2 aromatic rings. The lowest BCUT2D eigenvalue weighted by Crippen LogP contribution is -2.26. The Bertz CT molecular complexity index is 573. The fraction of sp³-hybridized carbons (Fsp3) is 0.267. The second-order valence-corrected chi connectivity index (χ2v) is 5.50. The van der Waals surface area contributed by atoms with E-state index in [-0.39, 0.29) is 11.4 Å². The normalized spacial score (nSPS) is 10.9. The molecule has 0 spiro atoms. The summed E-state index contributed by atoms with van der Waals surface area (Å²) in [5.41, 5.74) is 1.39. The highest BCUT2D eigenvalue weighted by Crippen LogP contribution is 2.15. The molecule has 0 saturated heterocycles. The van der Waals surface area contributed by atoms with E-state index >= 15 is 0 Å². The zero-order valence-electron chi connectivity index (χ0n) is 11.8. The lowest BCUT2D eigenvalue weighted by Gasteiger charge is -2.21. The third-order valence-corrected chi connectivity index (χ3v) is 2.45. The molecule has 2 heterocycles. The lowest BCUT2D eigenvalue weighted by atomic mass is 10.1. The first-order chi connectivity index (χ1) is 9.44. The largest absolute Gasteiger partial charge is 0.379 e. The number of anilines is 2. The molecule has 2 rings (SSSR count). The van der Waals surface area contributed by atoms with E-state index < -0.39 is 0 Å². The topological polar surface area (TPSA) is 66.9 Å². The number of nitrogens with one attached hydrogen (secondary N) is 2. The van der Waals surface area contributed by atoms with Crippen LogP contribution in [0, 0.1) is 0 Å². The third kappa shape index (κ3) is 4.05. The maximum absolute atomic E-state index is 11.9. The van der Waals surface area contributed by atoms with Crippen LogP contribution in [0.4, 0.5) is 11.5 Å². The van der Waals surface area contributed by atoms with E-state index in [4.69, 9.17) is 0 Å². The Morgan fingerprint density at radius 3 is 2.50 bits per heavy atom. The maximum Gasteiger partial charge on any atom is 0.258 e. The third-order valence-electron chi connectivity index (χ3n) is 2.45. The average molecular weight is 270 g/mol. The molecule has 0 fully saturated rings. The van der Waals surface area contributed by atoms with Crippen LogP contribution in [0.5, 0.6) is 0 Å². The lowest BCUT2D eigenvalue weighted by molar-refractivity contribution is 0.102. The number of rotatable bonds is 3. The first-order valence-electron chi connectivity index (χ1n) is 6.40. The van der Waals surface area contributed by atoms with E-state index in [1.807, 2.05) is 6.07 Å². The van der Waals surface area contributed by atoms with Gasteiger partial charge in [0.15, 0.2) is 0 Å². The van der Waals surface area contributed by atoms with Crippen molar-refractivity contribution in [2.24, 2.45) is 0 Å². The second kappa shape index (κ2) is 5.69. The summed E-state index contributed by atoms with van der Waals surface area (Å²) >= 11 is 0. The van der Waals surface area contributed by atoms with Gasteiger partial charge >= 0.3 is 0 Å². The molecule has 5 heteroatoms. The predicted octanol–water partition coefficient (Wildman–Crippen LogP) is 2.94. The molecule has 5 nitrogen and oxygen atoms in total. The Morgan fingerprint density at radius 1 is 1.15 bits per heavy atom. The minimum atomic E-state index is -0.220. The summed E-state index contributed by atoms with van der Waals surface area (Å²) in [4.78, 5) is 20.0. The fourth-order valence-electron chi connectivity index (χ4n) is 1.66. The van der Waals surface area contributed by atoms with E-state index in [2.05, 4.69) is 41.4 Å². The summed E-state index contributed by atoms with van der Waals surface area (Å²) in [5.74, 6) is 0.292. The molecule has 0 aliphatic rings. The van der Waals surface area contributed by atoms with Crippen LogP contribution in [-0.2, 0) is 0 Å². The number of pyridine rings is 2. The summed E-state index contributed by atoms with van der Waals surface area (Å²) in [6.07, 6.45) is 4.84. The fourth-order valence-corrected chi connectivity index (χ4v) is 1.66. The molecule has 1 amide bonds. The van der Waals surface area contributed by atoms with Gasteiger partial charge < -0.3 is 10.6 Å². The van der Waals surface area contributed by atoms with Gasteiger partial charge in [0.25, 0.3) is 5.91 Å². The van der Waals surface area contributed by atoms with Gasteiger partial charge in [-0.1, -0.05) is 0 Å². The SMILES string of the molecule is CC(C)(C)Nc1ccc(NC(=O)c2cccnc2)nc1. The monoisotopic (exact) mass is 270 g/mol. The van der Waals surface area contributed by atoms with Crippen molar-refractivity contribution in [1.29, 1.82) is 0 Å². The maximum atomic E-state index is 11.9. The highest BCUT2D eigenvalue weighted by molar-refractivity contribution is 6.03. The Balaban J connectivity index is 2.02. The zero-order chi connectivity index (χ0) is 14.6. The van der Waals surface area contributed by atoms with Crippen LogP contribution in [0.25, 0.3) is 0 Å². The predicted molar refractivity (Wildman–Crippen MR) is 79.8 cm³/mol. The summed E-state index contributed by atoms with van der Waals surface area (Å²) in [6, 6.07) is 7.08. The highest BCUT2D eigenvalue weighted by atomic mass is 16.1. The van der Waals surface area contributed by atoms with Gasteiger partial charge in [-0.25, -0.2) is 4.98 Å². The zero-order valence-corrected chi connectivity index (χ0v) is 11.8. The van der Waals surface area contributed by atoms with Gasteiger partial charge in [-0.05, 0) is 45.0 Å². The second-order valence-electron chi connectivity index (χ2n) is 5.50. The summed E-state index contributed by atoms with van der Waals surface area (Å²) in [5, 5.41) is 6.04. The summed E-state index contributed by atoms with van der Waals surface area (Å²) in [7, 11) is 0. The molecule has 0 aromatic carbocycles. The van der Waals surface area contributed by atoms with Gasteiger partial charge in [-0.15, -0.1) is 0 Å². The summed E-state index contributed by atoms with van der Waals surface area (Å²) in [6.45, 7) is 6.22. The molecule has 104 valence electrons. The molecule has 20 heavy (non-hydrogen) atoms. The van der Waals surface area contributed by atoms with Crippen molar-refractivity contribution >= 4 is 17.4 Å². The van der Waals surface area contributed by atoms with Crippen molar-refractivity contribution in [1.82, 2.24) is 9.97 Å². The van der Waals surface area contributed by atoms with E-state index in [0.717, 1.165) is 5.69 Å². The molecular formula is C15H18N4O. The number of hydrogen-bond acceptors (Lipinski definition) is 4. The van der Waals surface area contributed by atoms with Crippen molar-refractivity contribution in [2.75, 3.05) is 10.6 Å². The van der Waals surface area contributed by atoms with Gasteiger partial charge in [0.05, 0.1) is 17.4 Å². The van der Waals surface area contributed by atoms with Gasteiger partial charge in [0.2, 0.25) is 0 Å². The highest BCUT2D eigenvalue weighted by Gasteiger charge is 2.10. The molecule has 0 atom stereocenters. The standard InChI is InChI=1S/C15H18N4O/c1-15(2,3)19-12-6-7-13(17-10-12)18-14(20)11-5-4-8-16-9-11/h4-10,19H,1-3H3,(H,17,18,20). The van der Waals surface area contributed by atoms with Crippen molar-refractivity contribution in [3.63, 3.8) is 0 Å². The molecular weight excluding hydrogens is 252 g/mol. The van der Waals surface area contributed by atoms with Crippen LogP contribution in [-0.4, -0.2) is 21.4 Å². The van der Waals surface area contributed by atoms with Gasteiger partial charge in [-0.2, -0.15) is 0 Å². The van der Waals surface area contributed by atoms with Gasteiger partial charge in [-0.3, -0.25) is 9.78 Å². The van der Waals surface area contributed by atoms with E-state index in [0.29, 0.717) is 11.4 Å². The molecule has 0 unspecified atom stereocenters. The van der Waals surface area contributed by atoms with Gasteiger partial charge in [0, 0.05) is 17.9 Å². The van der Waals surface area contributed by atoms with E-state index in [1.165, 1.54) is 6.20 Å². The van der Waals surface area contributed by atoms with Crippen LogP contribution in [0.15, 0.2) is 42.9 Å². The Labute approximate surface area is 118 Å². The Hall–Kier alpha value is -2.43. The minimum Gasteiger partial charge on any atom is -0.379 e. The molecule has 0 saturated carbocycles. The molecule has 0 aliphatic heterocycles. The Kier molecular flexibility index (Phi) is 3.98. The number of carbonyl (C=O) groups is 1. The minimum absolute atomic E-state index is 0.0256. The van der Waals surface area contributed by atoms with Crippen molar-refractivity contribution in [2.45, 2.75) is 26.3 Å². The van der Waals surface area contributed by atoms with Crippen LogP contribution >= 0.6 is 0 Å². The van der Waals surface area contributed by atoms with Crippen molar-refractivity contribution in [3.8, 4) is 0 Å². The Morgan fingerprint density at radius 2 is 1.95 bits per heavy atom. The number of carbonyl (C=O) groups excluding carboxylic acids is 1. The smallest absolute Gasteiger partial charge is 0.258 e. The summed E-state index contributed by atoms with van der Waals surface area (Å²) < 4.78 is 0. The number of nitrogens with zero attached hydrogens (tertiary/aromatic N) is 2. The van der Waals surface area contributed by atoms with Crippen LogP contribution in [0.1, 0.15) is 31.1 Å². The molecule has 2 N–H and O–H groups in total.